The van der Waals surface area contributed by atoms with E-state index in [1.54, 1.807) is 6.20 Å². The highest BCUT2D eigenvalue weighted by Crippen LogP contribution is 2.32. The van der Waals surface area contributed by atoms with Gasteiger partial charge in [-0.1, -0.05) is 11.6 Å². The number of likely N-dealkylation sites (N-methyl/N-ethyl adjacent to an activating group) is 1. The Hall–Kier alpha value is -1.11. The summed E-state index contributed by atoms with van der Waals surface area (Å²) in [4.78, 5) is 13.2. The molecule has 0 spiro atoms. The Bertz CT molecular complexity index is 468. The fourth-order valence-corrected chi connectivity index (χ4v) is 3.36. The van der Waals surface area contributed by atoms with Crippen LogP contribution >= 0.6 is 11.6 Å². The van der Waals surface area contributed by atoms with Crippen molar-refractivity contribution in [3.8, 4) is 0 Å². The zero-order valence-corrected chi connectivity index (χ0v) is 11.8. The average molecular weight is 283 g/mol. The van der Waals surface area contributed by atoms with Crippen molar-refractivity contribution < 1.29 is 0 Å². The minimum atomic E-state index is 0.405. The number of rotatable bonds is 2. The SMILES string of the molecule is CN1C2CCC1CN(c1nc(NN)ncc1Cl)CC2. The number of nitrogens with two attached hydrogens (primary N) is 1. The minimum Gasteiger partial charge on any atom is -0.354 e. The lowest BCUT2D eigenvalue weighted by molar-refractivity contribution is 0.254. The van der Waals surface area contributed by atoms with Crippen LogP contribution in [0.5, 0.6) is 0 Å². The van der Waals surface area contributed by atoms with E-state index in [1.807, 2.05) is 0 Å². The molecule has 2 unspecified atom stereocenters. The van der Waals surface area contributed by atoms with Gasteiger partial charge in [0.2, 0.25) is 5.95 Å². The number of fused-ring (bicyclic) bond motifs is 2. The molecular weight excluding hydrogens is 264 g/mol. The Morgan fingerprint density at radius 2 is 2.16 bits per heavy atom. The lowest BCUT2D eigenvalue weighted by Gasteiger charge is -2.27. The van der Waals surface area contributed by atoms with Gasteiger partial charge in [0.05, 0.1) is 6.20 Å². The molecule has 0 amide bonds. The standard InChI is InChI=1S/C12H19ClN6/c1-18-8-2-3-9(18)7-19(5-4-8)11-10(13)6-15-12(16-11)17-14/h6,8-9H,2-5,7,14H2,1H3,(H,15,16,17). The van der Waals surface area contributed by atoms with Gasteiger partial charge in [-0.25, -0.2) is 10.8 Å². The highest BCUT2D eigenvalue weighted by atomic mass is 35.5. The summed E-state index contributed by atoms with van der Waals surface area (Å²) in [6.45, 7) is 1.94. The molecular formula is C12H19ClN6. The maximum atomic E-state index is 6.23. The van der Waals surface area contributed by atoms with Gasteiger partial charge in [-0.2, -0.15) is 4.98 Å². The molecule has 3 heterocycles. The predicted molar refractivity (Wildman–Crippen MR) is 76.3 cm³/mol. The molecule has 1 aromatic rings. The fraction of sp³-hybridized carbons (Fsp3) is 0.667. The molecule has 0 saturated carbocycles. The van der Waals surface area contributed by atoms with Crippen LogP contribution in [0.4, 0.5) is 11.8 Å². The summed E-state index contributed by atoms with van der Waals surface area (Å²) in [7, 11) is 2.22. The number of aromatic nitrogens is 2. The van der Waals surface area contributed by atoms with Gasteiger partial charge in [0.1, 0.15) is 5.02 Å². The van der Waals surface area contributed by atoms with Gasteiger partial charge >= 0.3 is 0 Å². The van der Waals surface area contributed by atoms with E-state index >= 15 is 0 Å². The molecule has 19 heavy (non-hydrogen) atoms. The van der Waals surface area contributed by atoms with Crippen molar-refractivity contribution in [1.82, 2.24) is 14.9 Å². The van der Waals surface area contributed by atoms with Gasteiger partial charge in [0.25, 0.3) is 0 Å². The Morgan fingerprint density at radius 1 is 1.37 bits per heavy atom. The van der Waals surface area contributed by atoms with E-state index in [0.717, 1.165) is 25.3 Å². The number of anilines is 2. The van der Waals surface area contributed by atoms with Crippen LogP contribution in [0.2, 0.25) is 5.02 Å². The maximum absolute atomic E-state index is 6.23. The van der Waals surface area contributed by atoms with Crippen LogP contribution in [0.25, 0.3) is 0 Å². The van der Waals surface area contributed by atoms with Gasteiger partial charge in [0, 0.05) is 25.2 Å². The van der Waals surface area contributed by atoms with Crippen molar-refractivity contribution in [1.29, 1.82) is 0 Å². The highest BCUT2D eigenvalue weighted by molar-refractivity contribution is 6.32. The number of hydrazine groups is 1. The molecule has 7 heteroatoms. The topological polar surface area (TPSA) is 70.3 Å². The van der Waals surface area contributed by atoms with Crippen LogP contribution in [0, 0.1) is 0 Å². The predicted octanol–water partition coefficient (Wildman–Crippen LogP) is 1.09. The van der Waals surface area contributed by atoms with Crippen molar-refractivity contribution >= 4 is 23.4 Å². The summed E-state index contributed by atoms with van der Waals surface area (Å²) in [5.41, 5.74) is 2.47. The van der Waals surface area contributed by atoms with Crippen LogP contribution in [0.1, 0.15) is 19.3 Å². The molecule has 0 radical (unpaired) electrons. The first-order chi connectivity index (χ1) is 9.19. The first kappa shape index (κ1) is 12.9. The number of nitrogen functional groups attached to an aromatic ring is 1. The van der Waals surface area contributed by atoms with Gasteiger partial charge in [0.15, 0.2) is 5.82 Å². The third-order valence-corrected chi connectivity index (χ3v) is 4.57. The fourth-order valence-electron chi connectivity index (χ4n) is 3.15. The second kappa shape index (κ2) is 5.11. The number of halogens is 1. The smallest absolute Gasteiger partial charge is 0.239 e. The Labute approximate surface area is 117 Å². The van der Waals surface area contributed by atoms with E-state index in [9.17, 15) is 0 Å². The summed E-state index contributed by atoms with van der Waals surface area (Å²) in [5, 5.41) is 0.583. The maximum Gasteiger partial charge on any atom is 0.239 e. The van der Waals surface area contributed by atoms with E-state index in [0.29, 0.717) is 23.1 Å². The second-order valence-corrected chi connectivity index (χ2v) is 5.70. The molecule has 2 aliphatic rings. The summed E-state index contributed by atoms with van der Waals surface area (Å²) in [6.07, 6.45) is 5.31. The van der Waals surface area contributed by atoms with E-state index in [1.165, 1.54) is 12.8 Å². The first-order valence-corrected chi connectivity index (χ1v) is 7.03. The molecule has 2 bridgehead atoms. The molecule has 104 valence electrons. The summed E-state index contributed by atoms with van der Waals surface area (Å²) < 4.78 is 0. The van der Waals surface area contributed by atoms with E-state index in [-0.39, 0.29) is 0 Å². The lowest BCUT2D eigenvalue weighted by Crippen LogP contribution is -2.37. The molecule has 0 aromatic carbocycles. The summed E-state index contributed by atoms with van der Waals surface area (Å²) in [5.74, 6) is 6.55. The Kier molecular flexibility index (Phi) is 3.47. The quantitative estimate of drug-likeness (QED) is 0.625. The van der Waals surface area contributed by atoms with Gasteiger partial charge in [-0.15, -0.1) is 0 Å². The average Bonchev–Trinajstić information content (AvgIpc) is 2.65. The third-order valence-electron chi connectivity index (χ3n) is 4.30. The summed E-state index contributed by atoms with van der Waals surface area (Å²) >= 11 is 6.23. The monoisotopic (exact) mass is 282 g/mol. The van der Waals surface area contributed by atoms with Crippen LogP contribution in [0.15, 0.2) is 6.20 Å². The normalized spacial score (nSPS) is 27.4. The molecule has 1 aromatic heterocycles. The van der Waals surface area contributed by atoms with Crippen molar-refractivity contribution in [3.05, 3.63) is 11.2 Å². The second-order valence-electron chi connectivity index (χ2n) is 5.29. The minimum absolute atomic E-state index is 0.405. The highest BCUT2D eigenvalue weighted by Gasteiger charge is 2.35. The molecule has 6 nitrogen and oxygen atoms in total. The van der Waals surface area contributed by atoms with Crippen molar-refractivity contribution in [2.75, 3.05) is 30.5 Å². The van der Waals surface area contributed by atoms with Crippen LogP contribution in [-0.2, 0) is 0 Å². The first-order valence-electron chi connectivity index (χ1n) is 6.65. The molecule has 2 saturated heterocycles. The molecule has 3 rings (SSSR count). The Morgan fingerprint density at radius 3 is 2.95 bits per heavy atom. The largest absolute Gasteiger partial charge is 0.354 e. The molecule has 2 aliphatic heterocycles. The number of hydrogen-bond acceptors (Lipinski definition) is 6. The van der Waals surface area contributed by atoms with Crippen molar-refractivity contribution in [3.63, 3.8) is 0 Å². The molecule has 0 aliphatic carbocycles. The molecule has 2 fully saturated rings. The third kappa shape index (κ3) is 2.35. The van der Waals surface area contributed by atoms with Crippen LogP contribution in [-0.4, -0.2) is 47.1 Å². The van der Waals surface area contributed by atoms with Crippen molar-refractivity contribution in [2.24, 2.45) is 5.84 Å². The van der Waals surface area contributed by atoms with E-state index in [2.05, 4.69) is 32.2 Å². The van der Waals surface area contributed by atoms with Gasteiger partial charge < -0.3 is 4.90 Å². The zero-order chi connectivity index (χ0) is 13.4. The number of nitrogens with zero attached hydrogens (tertiary/aromatic N) is 4. The molecule has 3 N–H and O–H groups in total. The van der Waals surface area contributed by atoms with Crippen molar-refractivity contribution in [2.45, 2.75) is 31.3 Å². The van der Waals surface area contributed by atoms with Gasteiger partial charge in [-0.05, 0) is 26.3 Å². The zero-order valence-electron chi connectivity index (χ0n) is 11.0. The van der Waals surface area contributed by atoms with E-state index in [4.69, 9.17) is 17.4 Å². The lowest BCUT2D eigenvalue weighted by atomic mass is 10.1. The van der Waals surface area contributed by atoms with Crippen LogP contribution < -0.4 is 16.2 Å². The summed E-state index contributed by atoms with van der Waals surface area (Å²) in [6, 6.07) is 1.29. The molecule has 2 atom stereocenters. The van der Waals surface area contributed by atoms with Gasteiger partial charge in [-0.3, -0.25) is 10.3 Å². The van der Waals surface area contributed by atoms with Crippen LogP contribution in [0.3, 0.4) is 0 Å². The van der Waals surface area contributed by atoms with E-state index < -0.39 is 0 Å². The number of hydrogen-bond donors (Lipinski definition) is 2. The number of nitrogens with one attached hydrogen (secondary N) is 1. The Balaban J connectivity index is 1.86.